The van der Waals surface area contributed by atoms with E-state index in [9.17, 15) is 14.4 Å². The second-order valence-corrected chi connectivity index (χ2v) is 5.52. The fourth-order valence-electron chi connectivity index (χ4n) is 4.02. The minimum absolute atomic E-state index is 0.0000463. The summed E-state index contributed by atoms with van der Waals surface area (Å²) in [4.78, 5) is 34.1. The van der Waals surface area contributed by atoms with Gasteiger partial charge in [0.1, 0.15) is 12.2 Å². The molecule has 0 N–H and O–H groups in total. The minimum Gasteiger partial charge on any atom is -0.465 e. The standard InChI is InChI=1S/C13H16O6/c1-5(14)18-9-3-7-10-8(4-17-13(10)16)11(9)12(7)19-6(2)15/h7-12H,3-4H2,1-2H3/t7-,8+,9-,10-,11+,12+/m0/s1. The van der Waals surface area contributed by atoms with Crippen LogP contribution >= 0.6 is 0 Å². The maximum atomic E-state index is 11.7. The van der Waals surface area contributed by atoms with E-state index in [0.717, 1.165) is 0 Å². The van der Waals surface area contributed by atoms with Gasteiger partial charge >= 0.3 is 17.9 Å². The second-order valence-electron chi connectivity index (χ2n) is 5.52. The van der Waals surface area contributed by atoms with E-state index >= 15 is 0 Å². The first-order chi connectivity index (χ1) is 8.99. The van der Waals surface area contributed by atoms with E-state index < -0.39 is 0 Å². The highest BCUT2D eigenvalue weighted by molar-refractivity contribution is 5.77. The predicted molar refractivity (Wildman–Crippen MR) is 60.6 cm³/mol. The Morgan fingerprint density at radius 3 is 2.47 bits per heavy atom. The number of rotatable bonds is 2. The number of esters is 3. The third-order valence-corrected chi connectivity index (χ3v) is 4.46. The molecular formula is C13H16O6. The van der Waals surface area contributed by atoms with Gasteiger partial charge in [0.25, 0.3) is 0 Å². The Kier molecular flexibility index (Phi) is 2.76. The van der Waals surface area contributed by atoms with Crippen LogP contribution in [-0.4, -0.2) is 36.7 Å². The first kappa shape index (κ1) is 12.4. The SMILES string of the molecule is CC(=O)O[C@@H]1[C@H]2C[C@H](OC(C)=O)[C@H]1[C@@H]1COC(=O)[C@@H]21. The number of cyclic esters (lactones) is 1. The summed E-state index contributed by atoms with van der Waals surface area (Å²) in [5.74, 6) is -1.33. The van der Waals surface area contributed by atoms with Gasteiger partial charge in [0.2, 0.25) is 0 Å². The van der Waals surface area contributed by atoms with Gasteiger partial charge in [0.15, 0.2) is 0 Å². The highest BCUT2D eigenvalue weighted by atomic mass is 16.6. The van der Waals surface area contributed by atoms with Crippen LogP contribution in [0.3, 0.4) is 0 Å². The molecule has 0 unspecified atom stereocenters. The Bertz CT molecular complexity index is 444. The van der Waals surface area contributed by atoms with Gasteiger partial charge in [-0.05, 0) is 6.42 Å². The van der Waals surface area contributed by atoms with Crippen molar-refractivity contribution in [1.29, 1.82) is 0 Å². The largest absolute Gasteiger partial charge is 0.465 e. The molecule has 2 saturated carbocycles. The normalized spacial score (nSPS) is 42.7. The lowest BCUT2D eigenvalue weighted by Gasteiger charge is -2.27. The molecule has 0 aromatic carbocycles. The van der Waals surface area contributed by atoms with Gasteiger partial charge in [0.05, 0.1) is 12.5 Å². The van der Waals surface area contributed by atoms with Gasteiger partial charge in [0, 0.05) is 31.6 Å². The number of fused-ring (bicyclic) bond motifs is 5. The molecule has 3 aliphatic rings. The quantitative estimate of drug-likeness (QED) is 0.529. The van der Waals surface area contributed by atoms with Crippen LogP contribution in [-0.2, 0) is 28.6 Å². The van der Waals surface area contributed by atoms with Crippen molar-refractivity contribution in [3.05, 3.63) is 0 Å². The van der Waals surface area contributed by atoms with Gasteiger partial charge in [-0.25, -0.2) is 0 Å². The predicted octanol–water partition coefficient (Wildman–Crippen LogP) is 0.289. The van der Waals surface area contributed by atoms with Gasteiger partial charge in [-0.15, -0.1) is 0 Å². The molecule has 1 aliphatic heterocycles. The van der Waals surface area contributed by atoms with Crippen molar-refractivity contribution in [3.63, 3.8) is 0 Å². The number of carbonyl (C=O) groups is 3. The van der Waals surface area contributed by atoms with Gasteiger partial charge in [-0.2, -0.15) is 0 Å². The molecule has 0 aromatic heterocycles. The smallest absolute Gasteiger partial charge is 0.309 e. The fourth-order valence-corrected chi connectivity index (χ4v) is 4.02. The monoisotopic (exact) mass is 268 g/mol. The van der Waals surface area contributed by atoms with Crippen molar-refractivity contribution in [2.24, 2.45) is 23.7 Å². The Labute approximate surface area is 110 Å². The summed E-state index contributed by atoms with van der Waals surface area (Å²) in [6, 6.07) is 0. The Hall–Kier alpha value is -1.59. The fraction of sp³-hybridized carbons (Fsp3) is 0.769. The molecule has 104 valence electrons. The molecule has 6 atom stereocenters. The molecule has 0 aromatic rings. The molecule has 0 amide bonds. The van der Waals surface area contributed by atoms with Crippen LogP contribution < -0.4 is 0 Å². The summed E-state index contributed by atoms with van der Waals surface area (Å²) in [5.41, 5.74) is 0. The lowest BCUT2D eigenvalue weighted by atomic mass is 9.80. The molecule has 1 heterocycles. The second kappa shape index (κ2) is 4.21. The van der Waals surface area contributed by atoms with Gasteiger partial charge in [-0.3, -0.25) is 14.4 Å². The molecule has 2 aliphatic carbocycles. The topological polar surface area (TPSA) is 78.9 Å². The Morgan fingerprint density at radius 1 is 1.16 bits per heavy atom. The van der Waals surface area contributed by atoms with Crippen LogP contribution in [0, 0.1) is 23.7 Å². The van der Waals surface area contributed by atoms with E-state index in [1.807, 2.05) is 0 Å². The summed E-state index contributed by atoms with van der Waals surface area (Å²) in [5, 5.41) is 0. The van der Waals surface area contributed by atoms with Crippen molar-refractivity contribution in [2.45, 2.75) is 32.5 Å². The zero-order valence-corrected chi connectivity index (χ0v) is 10.8. The van der Waals surface area contributed by atoms with E-state index in [4.69, 9.17) is 14.2 Å². The van der Waals surface area contributed by atoms with E-state index in [1.165, 1.54) is 13.8 Å². The van der Waals surface area contributed by atoms with Crippen LogP contribution in [0.5, 0.6) is 0 Å². The maximum Gasteiger partial charge on any atom is 0.309 e. The summed E-state index contributed by atoms with van der Waals surface area (Å²) >= 11 is 0. The molecule has 0 spiro atoms. The van der Waals surface area contributed by atoms with E-state index in [2.05, 4.69) is 0 Å². The number of ether oxygens (including phenoxy) is 3. The molecule has 6 nitrogen and oxygen atoms in total. The first-order valence-electron chi connectivity index (χ1n) is 6.50. The zero-order chi connectivity index (χ0) is 13.7. The summed E-state index contributed by atoms with van der Waals surface area (Å²) in [6.45, 7) is 3.05. The van der Waals surface area contributed by atoms with Crippen molar-refractivity contribution in [2.75, 3.05) is 6.61 Å². The van der Waals surface area contributed by atoms with E-state index in [-0.39, 0.29) is 53.8 Å². The third kappa shape index (κ3) is 1.81. The van der Waals surface area contributed by atoms with Crippen LogP contribution in [0.1, 0.15) is 20.3 Å². The Morgan fingerprint density at radius 2 is 1.84 bits per heavy atom. The van der Waals surface area contributed by atoms with Crippen molar-refractivity contribution >= 4 is 17.9 Å². The van der Waals surface area contributed by atoms with Crippen LogP contribution in [0.2, 0.25) is 0 Å². The minimum atomic E-state index is -0.364. The number of hydrogen-bond donors (Lipinski definition) is 0. The van der Waals surface area contributed by atoms with Crippen molar-refractivity contribution < 1.29 is 28.6 Å². The highest BCUT2D eigenvalue weighted by Crippen LogP contribution is 2.57. The third-order valence-electron chi connectivity index (χ3n) is 4.46. The molecule has 2 bridgehead atoms. The molecule has 0 radical (unpaired) electrons. The van der Waals surface area contributed by atoms with E-state index in [0.29, 0.717) is 13.0 Å². The van der Waals surface area contributed by atoms with Gasteiger partial charge < -0.3 is 14.2 Å². The average Bonchev–Trinajstić information content (AvgIpc) is 2.89. The van der Waals surface area contributed by atoms with Crippen LogP contribution in [0.4, 0.5) is 0 Å². The lowest BCUT2D eigenvalue weighted by molar-refractivity contribution is -0.155. The summed E-state index contributed by atoms with van der Waals surface area (Å²) in [6.07, 6.45) is -0.0364. The Balaban J connectivity index is 1.85. The van der Waals surface area contributed by atoms with Crippen molar-refractivity contribution in [1.82, 2.24) is 0 Å². The summed E-state index contributed by atoms with van der Waals surface area (Å²) < 4.78 is 15.7. The van der Waals surface area contributed by atoms with Crippen LogP contribution in [0.15, 0.2) is 0 Å². The van der Waals surface area contributed by atoms with Gasteiger partial charge in [-0.1, -0.05) is 0 Å². The zero-order valence-electron chi connectivity index (χ0n) is 10.8. The van der Waals surface area contributed by atoms with E-state index in [1.54, 1.807) is 0 Å². The number of carbonyl (C=O) groups excluding carboxylic acids is 3. The molecular weight excluding hydrogens is 252 g/mol. The lowest BCUT2D eigenvalue weighted by Crippen LogP contribution is -2.35. The molecule has 3 rings (SSSR count). The summed E-state index contributed by atoms with van der Waals surface area (Å²) in [7, 11) is 0. The molecule has 6 heteroatoms. The molecule has 3 fully saturated rings. The average molecular weight is 268 g/mol. The van der Waals surface area contributed by atoms with Crippen molar-refractivity contribution in [3.8, 4) is 0 Å². The number of hydrogen-bond acceptors (Lipinski definition) is 6. The highest BCUT2D eigenvalue weighted by Gasteiger charge is 2.66. The first-order valence-corrected chi connectivity index (χ1v) is 6.50. The van der Waals surface area contributed by atoms with Crippen LogP contribution in [0.25, 0.3) is 0 Å². The maximum absolute atomic E-state index is 11.7. The molecule has 1 saturated heterocycles. The molecule has 19 heavy (non-hydrogen) atoms.